The Labute approximate surface area is 189 Å². The van der Waals surface area contributed by atoms with E-state index in [9.17, 15) is 21.6 Å². The van der Waals surface area contributed by atoms with Gasteiger partial charge in [0.25, 0.3) is 0 Å². The third-order valence-corrected chi connectivity index (χ3v) is 8.23. The number of nitrogens with zero attached hydrogens (tertiary/aromatic N) is 2. The zero-order valence-electron chi connectivity index (χ0n) is 18.0. The molecule has 1 fully saturated rings. The van der Waals surface area contributed by atoms with Crippen molar-refractivity contribution >= 4 is 31.6 Å². The van der Waals surface area contributed by atoms with Crippen LogP contribution in [0.25, 0.3) is 0 Å². The number of carbonyl (C=O) groups is 1. The largest absolute Gasteiger partial charge is 0.495 e. The van der Waals surface area contributed by atoms with Gasteiger partial charge in [-0.05, 0) is 36.6 Å². The summed E-state index contributed by atoms with van der Waals surface area (Å²) >= 11 is 0. The van der Waals surface area contributed by atoms with Crippen molar-refractivity contribution in [3.8, 4) is 5.75 Å². The summed E-state index contributed by atoms with van der Waals surface area (Å²) in [6.45, 7) is 0.519. The number of sulfonamides is 2. The third-order valence-electron chi connectivity index (χ3n) is 5.14. The summed E-state index contributed by atoms with van der Waals surface area (Å²) in [7, 11) is -5.96. The van der Waals surface area contributed by atoms with Gasteiger partial charge < -0.3 is 10.1 Å². The Hall–Kier alpha value is -2.47. The molecule has 0 bridgehead atoms. The van der Waals surface area contributed by atoms with Crippen LogP contribution in [-0.4, -0.2) is 64.4 Å². The number of amides is 1. The van der Waals surface area contributed by atoms with E-state index in [1.807, 2.05) is 6.07 Å². The SMILES string of the molecule is COc1ccc(S(=O)(=O)N2CCCC2)cc1NC(=O)CN(Cc1ccccc1)S(C)(=O)=O. The highest BCUT2D eigenvalue weighted by Crippen LogP contribution is 2.30. The van der Waals surface area contributed by atoms with Gasteiger partial charge in [0.1, 0.15) is 5.75 Å². The summed E-state index contributed by atoms with van der Waals surface area (Å²) in [5, 5.41) is 2.60. The summed E-state index contributed by atoms with van der Waals surface area (Å²) in [6.07, 6.45) is 2.65. The molecule has 2 aromatic carbocycles. The molecule has 2 aromatic rings. The van der Waals surface area contributed by atoms with Crippen LogP contribution in [0.1, 0.15) is 18.4 Å². The molecule has 1 aliphatic heterocycles. The minimum atomic E-state index is -3.69. The monoisotopic (exact) mass is 481 g/mol. The lowest BCUT2D eigenvalue weighted by Crippen LogP contribution is -2.37. The van der Waals surface area contributed by atoms with Crippen LogP contribution in [0.4, 0.5) is 5.69 Å². The molecule has 0 saturated carbocycles. The standard InChI is InChI=1S/C21H27N3O6S2/c1-30-20-11-10-18(32(28,29)23-12-6-7-13-23)14-19(20)22-21(25)16-24(31(2,26)27)15-17-8-4-3-5-9-17/h3-5,8-11,14H,6-7,12-13,15-16H2,1-2H3,(H,22,25). The number of hydrogen-bond donors (Lipinski definition) is 1. The number of methoxy groups -OCH3 is 1. The Morgan fingerprint density at radius 3 is 2.31 bits per heavy atom. The number of carbonyl (C=O) groups excluding carboxylic acids is 1. The van der Waals surface area contributed by atoms with Crippen molar-refractivity contribution in [1.29, 1.82) is 0 Å². The van der Waals surface area contributed by atoms with Crippen LogP contribution < -0.4 is 10.1 Å². The maximum atomic E-state index is 12.9. The van der Waals surface area contributed by atoms with Crippen LogP contribution in [0, 0.1) is 0 Å². The molecule has 11 heteroatoms. The number of rotatable bonds is 9. The maximum Gasteiger partial charge on any atom is 0.243 e. The van der Waals surface area contributed by atoms with Crippen molar-refractivity contribution in [2.24, 2.45) is 0 Å². The molecule has 174 valence electrons. The van der Waals surface area contributed by atoms with Crippen molar-refractivity contribution < 1.29 is 26.4 Å². The van der Waals surface area contributed by atoms with Gasteiger partial charge in [-0.2, -0.15) is 8.61 Å². The molecule has 1 heterocycles. The van der Waals surface area contributed by atoms with E-state index >= 15 is 0 Å². The average Bonchev–Trinajstić information content (AvgIpc) is 3.29. The molecule has 0 aliphatic carbocycles. The maximum absolute atomic E-state index is 12.9. The predicted molar refractivity (Wildman–Crippen MR) is 121 cm³/mol. The normalized spacial score (nSPS) is 15.1. The highest BCUT2D eigenvalue weighted by molar-refractivity contribution is 7.89. The molecule has 3 rings (SSSR count). The van der Waals surface area contributed by atoms with Crippen LogP contribution in [0.15, 0.2) is 53.4 Å². The van der Waals surface area contributed by atoms with E-state index in [-0.39, 0.29) is 22.9 Å². The lowest BCUT2D eigenvalue weighted by atomic mass is 10.2. The zero-order chi connectivity index (χ0) is 23.4. The van der Waals surface area contributed by atoms with Gasteiger partial charge in [0.05, 0.1) is 30.5 Å². The predicted octanol–water partition coefficient (Wildman–Crippen LogP) is 1.88. The van der Waals surface area contributed by atoms with Gasteiger partial charge in [-0.25, -0.2) is 16.8 Å². The van der Waals surface area contributed by atoms with Crippen LogP contribution in [0.3, 0.4) is 0 Å². The van der Waals surface area contributed by atoms with Crippen molar-refractivity contribution in [3.05, 3.63) is 54.1 Å². The number of hydrogen-bond acceptors (Lipinski definition) is 6. The molecular weight excluding hydrogens is 454 g/mol. The van der Waals surface area contributed by atoms with Crippen molar-refractivity contribution in [2.75, 3.05) is 38.3 Å². The van der Waals surface area contributed by atoms with E-state index in [0.717, 1.165) is 29.0 Å². The molecule has 0 radical (unpaired) electrons. The van der Waals surface area contributed by atoms with Crippen LogP contribution in [0.5, 0.6) is 5.75 Å². The molecule has 0 aromatic heterocycles. The second-order valence-corrected chi connectivity index (χ2v) is 11.5. The van der Waals surface area contributed by atoms with Gasteiger partial charge in [0.2, 0.25) is 26.0 Å². The van der Waals surface area contributed by atoms with Gasteiger partial charge in [-0.15, -0.1) is 0 Å². The molecule has 32 heavy (non-hydrogen) atoms. The molecule has 9 nitrogen and oxygen atoms in total. The molecule has 1 amide bonds. The van der Waals surface area contributed by atoms with Crippen LogP contribution >= 0.6 is 0 Å². The fourth-order valence-electron chi connectivity index (χ4n) is 3.45. The zero-order valence-corrected chi connectivity index (χ0v) is 19.7. The molecule has 1 aliphatic rings. The Kier molecular flexibility index (Phi) is 7.55. The summed E-state index contributed by atoms with van der Waals surface area (Å²) in [5.41, 5.74) is 0.896. The van der Waals surface area contributed by atoms with Crippen LogP contribution in [-0.2, 0) is 31.4 Å². The van der Waals surface area contributed by atoms with Gasteiger partial charge in [0, 0.05) is 19.6 Å². The first-order chi connectivity index (χ1) is 15.1. The van der Waals surface area contributed by atoms with Crippen molar-refractivity contribution in [2.45, 2.75) is 24.3 Å². The van der Waals surface area contributed by atoms with Crippen LogP contribution in [0.2, 0.25) is 0 Å². The van der Waals surface area contributed by atoms with Gasteiger partial charge in [-0.3, -0.25) is 4.79 Å². The summed E-state index contributed by atoms with van der Waals surface area (Å²) in [6, 6.07) is 13.2. The summed E-state index contributed by atoms with van der Waals surface area (Å²) < 4.78 is 57.9. The molecule has 0 spiro atoms. The number of benzene rings is 2. The molecule has 0 unspecified atom stereocenters. The fourth-order valence-corrected chi connectivity index (χ4v) is 5.73. The lowest BCUT2D eigenvalue weighted by Gasteiger charge is -2.21. The molecule has 0 atom stereocenters. The number of nitrogens with one attached hydrogen (secondary N) is 1. The van der Waals surface area contributed by atoms with E-state index < -0.39 is 32.5 Å². The fraction of sp³-hybridized carbons (Fsp3) is 0.381. The van der Waals surface area contributed by atoms with E-state index in [4.69, 9.17) is 4.74 Å². The summed E-state index contributed by atoms with van der Waals surface area (Å²) in [5.74, 6) is -0.340. The first kappa shape index (κ1) is 24.2. The summed E-state index contributed by atoms with van der Waals surface area (Å²) in [4.78, 5) is 12.8. The van der Waals surface area contributed by atoms with Gasteiger partial charge >= 0.3 is 0 Å². The average molecular weight is 482 g/mol. The molecular formula is C21H27N3O6S2. The smallest absolute Gasteiger partial charge is 0.243 e. The van der Waals surface area contributed by atoms with Crippen molar-refractivity contribution in [1.82, 2.24) is 8.61 Å². The van der Waals surface area contributed by atoms with E-state index in [1.165, 1.54) is 29.6 Å². The van der Waals surface area contributed by atoms with Gasteiger partial charge in [0.15, 0.2) is 0 Å². The Balaban J connectivity index is 1.80. The minimum absolute atomic E-state index is 0.0353. The highest BCUT2D eigenvalue weighted by atomic mass is 32.2. The first-order valence-electron chi connectivity index (χ1n) is 10.1. The number of anilines is 1. The third kappa shape index (κ3) is 5.85. The Morgan fingerprint density at radius 2 is 1.72 bits per heavy atom. The topological polar surface area (TPSA) is 113 Å². The van der Waals surface area contributed by atoms with Crippen molar-refractivity contribution in [3.63, 3.8) is 0 Å². The second kappa shape index (κ2) is 9.99. The highest BCUT2D eigenvalue weighted by Gasteiger charge is 2.28. The molecule has 1 saturated heterocycles. The van der Waals surface area contributed by atoms with Gasteiger partial charge in [-0.1, -0.05) is 30.3 Å². The number of ether oxygens (including phenoxy) is 1. The van der Waals surface area contributed by atoms with E-state index in [1.54, 1.807) is 24.3 Å². The lowest BCUT2D eigenvalue weighted by molar-refractivity contribution is -0.116. The first-order valence-corrected chi connectivity index (χ1v) is 13.4. The Morgan fingerprint density at radius 1 is 1.06 bits per heavy atom. The quantitative estimate of drug-likeness (QED) is 0.585. The van der Waals surface area contributed by atoms with E-state index in [2.05, 4.69) is 5.32 Å². The molecule has 1 N–H and O–H groups in total. The Bertz CT molecular complexity index is 1160. The minimum Gasteiger partial charge on any atom is -0.495 e. The second-order valence-electron chi connectivity index (χ2n) is 7.54. The van der Waals surface area contributed by atoms with E-state index in [0.29, 0.717) is 13.1 Å².